The van der Waals surface area contributed by atoms with Gasteiger partial charge in [-0.25, -0.2) is 11.7 Å². The third kappa shape index (κ3) is 2.95. The van der Waals surface area contributed by atoms with E-state index in [0.29, 0.717) is 0 Å². The largest absolute Gasteiger partial charge is 0.391 e. The van der Waals surface area contributed by atoms with E-state index in [2.05, 4.69) is 0 Å². The summed E-state index contributed by atoms with van der Waals surface area (Å²) in [4.78, 5) is 22.0. The fourth-order valence-electron chi connectivity index (χ4n) is 1.01. The van der Waals surface area contributed by atoms with Crippen LogP contribution >= 0.6 is 0 Å². The van der Waals surface area contributed by atoms with Crippen molar-refractivity contribution in [1.29, 1.82) is 0 Å². The van der Waals surface area contributed by atoms with E-state index in [9.17, 15) is 14.7 Å². The molecule has 0 saturated carbocycles. The fourth-order valence-corrected chi connectivity index (χ4v) is 1.01. The van der Waals surface area contributed by atoms with Crippen LogP contribution in [0.2, 0.25) is 0 Å². The minimum atomic E-state index is -1.12. The molecule has 0 aliphatic heterocycles. The number of nitrogens with one attached hydrogen (secondary N) is 2. The molecule has 0 bridgehead atoms. The lowest BCUT2D eigenvalue weighted by atomic mass is 9.92. The lowest BCUT2D eigenvalue weighted by Gasteiger charge is -2.21. The van der Waals surface area contributed by atoms with Crippen LogP contribution < -0.4 is 22.5 Å². The van der Waals surface area contributed by atoms with Gasteiger partial charge in [-0.3, -0.25) is 20.4 Å². The molecule has 0 aromatic carbocycles. The molecule has 2 atom stereocenters. The topological polar surface area (TPSA) is 130 Å². The maximum absolute atomic E-state index is 11.0. The molecule has 2 amide bonds. The molecule has 0 aliphatic carbocycles. The number of carbonyl (C=O) groups is 2. The van der Waals surface area contributed by atoms with E-state index >= 15 is 0 Å². The molecule has 82 valence electrons. The van der Waals surface area contributed by atoms with Crippen molar-refractivity contribution in [2.45, 2.75) is 20.0 Å². The van der Waals surface area contributed by atoms with Gasteiger partial charge in [0.05, 0.1) is 17.9 Å². The predicted octanol–water partition coefficient (Wildman–Crippen LogP) is -2.40. The number of hydrogen-bond donors (Lipinski definition) is 5. The minimum Gasteiger partial charge on any atom is -0.391 e. The van der Waals surface area contributed by atoms with E-state index in [0.717, 1.165) is 0 Å². The van der Waals surface area contributed by atoms with E-state index in [1.54, 1.807) is 0 Å². The van der Waals surface area contributed by atoms with Gasteiger partial charge >= 0.3 is 0 Å². The monoisotopic (exact) mass is 204 g/mol. The standard InChI is InChI=1S/C7H16N4O3/c1-3(6(13)10-8)5(12)4(2)7(14)11-9/h3-5,12H,8-9H2,1-2H3,(H,10,13)(H,11,14)/t3-,4-/m0/s1. The van der Waals surface area contributed by atoms with Crippen molar-refractivity contribution in [1.82, 2.24) is 10.9 Å². The SMILES string of the molecule is C[C@H](C(=O)NN)C(O)[C@H](C)C(=O)NN. The number of nitrogens with two attached hydrogens (primary N) is 2. The molecular formula is C7H16N4O3. The van der Waals surface area contributed by atoms with Crippen molar-refractivity contribution in [3.05, 3.63) is 0 Å². The van der Waals surface area contributed by atoms with Gasteiger partial charge in [-0.2, -0.15) is 0 Å². The van der Waals surface area contributed by atoms with Crippen LogP contribution in [0, 0.1) is 11.8 Å². The van der Waals surface area contributed by atoms with Crippen molar-refractivity contribution in [2.24, 2.45) is 23.5 Å². The molecule has 0 fully saturated rings. The quantitative estimate of drug-likeness (QED) is 0.198. The Labute approximate surface area is 81.8 Å². The van der Waals surface area contributed by atoms with Gasteiger partial charge in [0.1, 0.15) is 0 Å². The number of aliphatic hydroxyl groups is 1. The summed E-state index contributed by atoms with van der Waals surface area (Å²) in [6.45, 7) is 2.93. The van der Waals surface area contributed by atoms with Crippen LogP contribution in [0.25, 0.3) is 0 Å². The first kappa shape index (κ1) is 12.8. The Kier molecular flexibility index (Phi) is 5.06. The number of amides is 2. The molecular weight excluding hydrogens is 188 g/mol. The minimum absolute atomic E-state index is 0.533. The van der Waals surface area contributed by atoms with Crippen LogP contribution in [0.1, 0.15) is 13.8 Å². The van der Waals surface area contributed by atoms with Gasteiger partial charge in [0.2, 0.25) is 11.8 Å². The third-order valence-electron chi connectivity index (χ3n) is 2.14. The van der Waals surface area contributed by atoms with Gasteiger partial charge in [-0.05, 0) is 0 Å². The Morgan fingerprint density at radius 1 is 1.07 bits per heavy atom. The molecule has 7 N–H and O–H groups in total. The maximum atomic E-state index is 11.0. The highest BCUT2D eigenvalue weighted by atomic mass is 16.3. The molecule has 0 aromatic rings. The predicted molar refractivity (Wildman–Crippen MR) is 49.0 cm³/mol. The van der Waals surface area contributed by atoms with Crippen molar-refractivity contribution in [3.63, 3.8) is 0 Å². The summed E-state index contributed by atoms with van der Waals surface area (Å²) in [5, 5.41) is 9.56. The highest BCUT2D eigenvalue weighted by Crippen LogP contribution is 2.12. The summed E-state index contributed by atoms with van der Waals surface area (Å²) >= 11 is 0. The zero-order chi connectivity index (χ0) is 11.3. The highest BCUT2D eigenvalue weighted by Gasteiger charge is 2.30. The first-order chi connectivity index (χ1) is 6.45. The second-order valence-corrected chi connectivity index (χ2v) is 3.09. The Morgan fingerprint density at radius 3 is 1.57 bits per heavy atom. The molecule has 7 heteroatoms. The first-order valence-electron chi connectivity index (χ1n) is 4.14. The lowest BCUT2D eigenvalue weighted by Crippen LogP contribution is -2.46. The van der Waals surface area contributed by atoms with Gasteiger partial charge in [-0.1, -0.05) is 13.8 Å². The summed E-state index contributed by atoms with van der Waals surface area (Å²) < 4.78 is 0. The Bertz CT molecular complexity index is 199. The normalized spacial score (nSPS) is 14.7. The molecule has 0 rings (SSSR count). The molecule has 0 radical (unpaired) electrons. The lowest BCUT2D eigenvalue weighted by molar-refractivity contribution is -0.134. The average molecular weight is 204 g/mol. The molecule has 0 saturated heterocycles. The van der Waals surface area contributed by atoms with Crippen LogP contribution in [0.15, 0.2) is 0 Å². The van der Waals surface area contributed by atoms with Crippen LogP contribution in [-0.2, 0) is 9.59 Å². The molecule has 7 nitrogen and oxygen atoms in total. The number of aliphatic hydroxyl groups excluding tert-OH is 1. The van der Waals surface area contributed by atoms with E-state index in [1.165, 1.54) is 13.8 Å². The summed E-state index contributed by atoms with van der Waals surface area (Å²) in [7, 11) is 0. The van der Waals surface area contributed by atoms with Crippen molar-refractivity contribution < 1.29 is 14.7 Å². The Hall–Kier alpha value is -1.18. The molecule has 0 heterocycles. The van der Waals surface area contributed by atoms with Crippen molar-refractivity contribution in [3.8, 4) is 0 Å². The fraction of sp³-hybridized carbons (Fsp3) is 0.714. The van der Waals surface area contributed by atoms with Gasteiger partial charge < -0.3 is 5.11 Å². The van der Waals surface area contributed by atoms with E-state index in [4.69, 9.17) is 11.7 Å². The molecule has 0 spiro atoms. The molecule has 14 heavy (non-hydrogen) atoms. The zero-order valence-electron chi connectivity index (χ0n) is 8.15. The summed E-state index contributed by atoms with van der Waals surface area (Å²) in [5.74, 6) is 7.16. The van der Waals surface area contributed by atoms with Crippen LogP contribution in [-0.4, -0.2) is 23.0 Å². The second-order valence-electron chi connectivity index (χ2n) is 3.09. The van der Waals surface area contributed by atoms with Gasteiger partial charge in [-0.15, -0.1) is 0 Å². The number of rotatable bonds is 4. The molecule has 0 aliphatic rings. The van der Waals surface area contributed by atoms with Crippen molar-refractivity contribution >= 4 is 11.8 Å². The number of carbonyl (C=O) groups excluding carboxylic acids is 2. The summed E-state index contributed by atoms with van der Waals surface area (Å²) in [6.07, 6.45) is -1.12. The van der Waals surface area contributed by atoms with Gasteiger partial charge in [0.25, 0.3) is 0 Å². The third-order valence-corrected chi connectivity index (χ3v) is 2.14. The molecule has 0 unspecified atom stereocenters. The van der Waals surface area contributed by atoms with Crippen molar-refractivity contribution in [2.75, 3.05) is 0 Å². The zero-order valence-corrected chi connectivity index (χ0v) is 8.15. The smallest absolute Gasteiger partial charge is 0.239 e. The number of hydrazine groups is 2. The van der Waals surface area contributed by atoms with Crippen LogP contribution in [0.3, 0.4) is 0 Å². The molecule has 0 aromatic heterocycles. The summed E-state index contributed by atoms with van der Waals surface area (Å²) in [6, 6.07) is 0. The highest BCUT2D eigenvalue weighted by molar-refractivity contribution is 5.82. The van der Waals surface area contributed by atoms with E-state index in [-0.39, 0.29) is 0 Å². The van der Waals surface area contributed by atoms with Crippen LogP contribution in [0.4, 0.5) is 0 Å². The van der Waals surface area contributed by atoms with Gasteiger partial charge in [0, 0.05) is 0 Å². The van der Waals surface area contributed by atoms with E-state index in [1.807, 2.05) is 10.9 Å². The first-order valence-corrected chi connectivity index (χ1v) is 4.14. The second kappa shape index (κ2) is 5.53. The van der Waals surface area contributed by atoms with E-state index < -0.39 is 29.8 Å². The van der Waals surface area contributed by atoms with Gasteiger partial charge in [0.15, 0.2) is 0 Å². The van der Waals surface area contributed by atoms with Crippen LogP contribution in [0.5, 0.6) is 0 Å². The Morgan fingerprint density at radius 2 is 1.36 bits per heavy atom. The summed E-state index contributed by atoms with van der Waals surface area (Å²) in [5.41, 5.74) is 3.79. The number of hydrogen-bond acceptors (Lipinski definition) is 5. The Balaban J connectivity index is 4.37. The maximum Gasteiger partial charge on any atom is 0.239 e. The average Bonchev–Trinajstić information content (AvgIpc) is 2.23.